The molecule has 0 spiro atoms. The third-order valence-electron chi connectivity index (χ3n) is 5.75. The van der Waals surface area contributed by atoms with Crippen LogP contribution >= 0.6 is 11.3 Å². The maximum atomic E-state index is 4.80. The summed E-state index contributed by atoms with van der Waals surface area (Å²) in [7, 11) is 0. The highest BCUT2D eigenvalue weighted by Gasteiger charge is 2.19. The topological polar surface area (TPSA) is 43.6 Å². The standard InChI is InChI=1S/C25H14N4S/c1-2-8-21-15(5-1)16-9-10-19-22(24(16)30-21)23-20(7-4-13-27-23)29(19)25-17-6-3-12-26-18(17)11-14-28-25/h1-14H. The number of nitrogens with zero attached hydrogens (tertiary/aromatic N) is 4. The molecule has 0 amide bonds. The summed E-state index contributed by atoms with van der Waals surface area (Å²) < 4.78 is 4.80. The Balaban J connectivity index is 1.73. The van der Waals surface area contributed by atoms with E-state index in [0.29, 0.717) is 0 Å². The molecule has 2 aromatic carbocycles. The number of aromatic nitrogens is 4. The molecular weight excluding hydrogens is 388 g/mol. The summed E-state index contributed by atoms with van der Waals surface area (Å²) in [6, 6.07) is 23.1. The Hall–Kier alpha value is -3.83. The molecule has 0 fully saturated rings. The molecule has 140 valence electrons. The molecule has 0 aliphatic carbocycles. The lowest BCUT2D eigenvalue weighted by Gasteiger charge is -2.09. The van der Waals surface area contributed by atoms with Gasteiger partial charge in [0.2, 0.25) is 0 Å². The lowest BCUT2D eigenvalue weighted by Crippen LogP contribution is -1.98. The van der Waals surface area contributed by atoms with E-state index in [9.17, 15) is 0 Å². The Morgan fingerprint density at radius 1 is 0.633 bits per heavy atom. The second-order valence-corrected chi connectivity index (χ2v) is 8.40. The van der Waals surface area contributed by atoms with Crippen molar-refractivity contribution in [2.45, 2.75) is 0 Å². The molecular formula is C25H14N4S. The highest BCUT2D eigenvalue weighted by molar-refractivity contribution is 7.26. The van der Waals surface area contributed by atoms with Crippen molar-refractivity contribution >= 4 is 64.3 Å². The molecule has 0 N–H and O–H groups in total. The fraction of sp³-hybridized carbons (Fsp3) is 0. The number of thiophene rings is 1. The van der Waals surface area contributed by atoms with Crippen molar-refractivity contribution in [1.29, 1.82) is 0 Å². The molecule has 7 rings (SSSR count). The van der Waals surface area contributed by atoms with Gasteiger partial charge in [0.05, 0.1) is 22.1 Å². The van der Waals surface area contributed by atoms with Crippen molar-refractivity contribution in [1.82, 2.24) is 19.5 Å². The molecule has 0 radical (unpaired) electrons. The van der Waals surface area contributed by atoms with Crippen LogP contribution in [0.5, 0.6) is 0 Å². The molecule has 0 atom stereocenters. The first kappa shape index (κ1) is 16.0. The van der Waals surface area contributed by atoms with Gasteiger partial charge in [-0.2, -0.15) is 0 Å². The van der Waals surface area contributed by atoms with Crippen molar-refractivity contribution in [2.75, 3.05) is 0 Å². The Morgan fingerprint density at radius 2 is 1.50 bits per heavy atom. The van der Waals surface area contributed by atoms with Gasteiger partial charge in [-0.25, -0.2) is 4.98 Å². The van der Waals surface area contributed by atoms with Crippen LogP contribution in [-0.4, -0.2) is 19.5 Å². The molecule has 0 saturated carbocycles. The van der Waals surface area contributed by atoms with E-state index in [2.05, 4.69) is 58.1 Å². The predicted octanol–water partition coefficient (Wildman–Crippen LogP) is 6.49. The molecule has 7 aromatic rings. The van der Waals surface area contributed by atoms with Crippen molar-refractivity contribution in [3.8, 4) is 5.82 Å². The van der Waals surface area contributed by atoms with Gasteiger partial charge in [-0.3, -0.25) is 14.5 Å². The summed E-state index contributed by atoms with van der Waals surface area (Å²) in [6.07, 6.45) is 5.52. The smallest absolute Gasteiger partial charge is 0.147 e. The lowest BCUT2D eigenvalue weighted by molar-refractivity contribution is 1.09. The van der Waals surface area contributed by atoms with Crippen molar-refractivity contribution < 1.29 is 0 Å². The molecule has 0 aliphatic rings. The minimum atomic E-state index is 0.883. The van der Waals surface area contributed by atoms with Crippen LogP contribution in [0.3, 0.4) is 0 Å². The first-order chi connectivity index (χ1) is 14.9. The van der Waals surface area contributed by atoms with Gasteiger partial charge in [-0.1, -0.05) is 24.3 Å². The first-order valence-electron chi connectivity index (χ1n) is 9.80. The molecule has 0 bridgehead atoms. The van der Waals surface area contributed by atoms with Gasteiger partial charge < -0.3 is 0 Å². The normalized spacial score (nSPS) is 12.0. The fourth-order valence-corrected chi connectivity index (χ4v) is 5.73. The highest BCUT2D eigenvalue weighted by Crippen LogP contribution is 2.42. The van der Waals surface area contributed by atoms with E-state index in [1.807, 2.05) is 48.1 Å². The van der Waals surface area contributed by atoms with E-state index in [4.69, 9.17) is 9.97 Å². The van der Waals surface area contributed by atoms with Crippen LogP contribution in [0, 0.1) is 0 Å². The summed E-state index contributed by atoms with van der Waals surface area (Å²) in [5.74, 6) is 0.883. The Morgan fingerprint density at radius 3 is 2.50 bits per heavy atom. The average Bonchev–Trinajstić information content (AvgIpc) is 3.34. The molecule has 4 nitrogen and oxygen atoms in total. The largest absolute Gasteiger partial charge is 0.292 e. The minimum Gasteiger partial charge on any atom is -0.292 e. The second kappa shape index (κ2) is 5.84. The summed E-state index contributed by atoms with van der Waals surface area (Å²) in [5.41, 5.74) is 4.12. The van der Waals surface area contributed by atoms with Gasteiger partial charge in [0.15, 0.2) is 0 Å². The van der Waals surface area contributed by atoms with Crippen LogP contribution in [0.25, 0.3) is 58.8 Å². The maximum Gasteiger partial charge on any atom is 0.147 e. The van der Waals surface area contributed by atoms with Gasteiger partial charge >= 0.3 is 0 Å². The molecule has 5 aromatic heterocycles. The zero-order valence-electron chi connectivity index (χ0n) is 15.8. The van der Waals surface area contributed by atoms with E-state index in [0.717, 1.165) is 33.3 Å². The first-order valence-corrected chi connectivity index (χ1v) is 10.6. The van der Waals surface area contributed by atoms with Gasteiger partial charge in [-0.05, 0) is 42.5 Å². The zero-order valence-corrected chi connectivity index (χ0v) is 16.6. The van der Waals surface area contributed by atoms with Crippen LogP contribution < -0.4 is 0 Å². The van der Waals surface area contributed by atoms with Gasteiger partial charge in [-0.15, -0.1) is 11.3 Å². The number of hydrogen-bond donors (Lipinski definition) is 0. The molecule has 0 unspecified atom stereocenters. The van der Waals surface area contributed by atoms with E-state index in [-0.39, 0.29) is 0 Å². The minimum absolute atomic E-state index is 0.883. The molecule has 30 heavy (non-hydrogen) atoms. The SMILES string of the molecule is c1ccc2c(c1)sc1c2ccc2c1c1ncccc1n2-c1nccc2ncccc12. The molecule has 5 heterocycles. The van der Waals surface area contributed by atoms with Gasteiger partial charge in [0, 0.05) is 49.5 Å². The van der Waals surface area contributed by atoms with Gasteiger partial charge in [0.25, 0.3) is 0 Å². The molecule has 0 saturated heterocycles. The summed E-state index contributed by atoms with van der Waals surface area (Å²) in [5, 5.41) is 4.79. The number of rotatable bonds is 1. The van der Waals surface area contributed by atoms with Crippen molar-refractivity contribution in [2.24, 2.45) is 0 Å². The number of pyridine rings is 3. The second-order valence-electron chi connectivity index (χ2n) is 7.35. The monoisotopic (exact) mass is 402 g/mol. The number of benzene rings is 2. The maximum absolute atomic E-state index is 4.80. The lowest BCUT2D eigenvalue weighted by atomic mass is 10.1. The van der Waals surface area contributed by atoms with E-state index in [1.165, 1.54) is 25.6 Å². The number of fused-ring (bicyclic) bond motifs is 8. The van der Waals surface area contributed by atoms with Gasteiger partial charge in [0.1, 0.15) is 5.82 Å². The molecule has 5 heteroatoms. The predicted molar refractivity (Wildman–Crippen MR) is 125 cm³/mol. The van der Waals surface area contributed by atoms with E-state index in [1.54, 1.807) is 0 Å². The van der Waals surface area contributed by atoms with Crippen molar-refractivity contribution in [3.63, 3.8) is 0 Å². The number of hydrogen-bond acceptors (Lipinski definition) is 4. The van der Waals surface area contributed by atoms with E-state index < -0.39 is 0 Å². The summed E-state index contributed by atoms with van der Waals surface area (Å²) in [6.45, 7) is 0. The van der Waals surface area contributed by atoms with E-state index >= 15 is 0 Å². The summed E-state index contributed by atoms with van der Waals surface area (Å²) in [4.78, 5) is 14.1. The average molecular weight is 402 g/mol. The van der Waals surface area contributed by atoms with Crippen LogP contribution in [-0.2, 0) is 0 Å². The third-order valence-corrected chi connectivity index (χ3v) is 6.95. The Bertz CT molecular complexity index is 1750. The Kier molecular flexibility index (Phi) is 3.12. The zero-order chi connectivity index (χ0) is 19.7. The highest BCUT2D eigenvalue weighted by atomic mass is 32.1. The van der Waals surface area contributed by atoms with Crippen LogP contribution in [0.2, 0.25) is 0 Å². The molecule has 0 aliphatic heterocycles. The van der Waals surface area contributed by atoms with Crippen LogP contribution in [0.4, 0.5) is 0 Å². The quantitative estimate of drug-likeness (QED) is 0.315. The fourth-order valence-electron chi connectivity index (χ4n) is 4.49. The van der Waals surface area contributed by atoms with Crippen LogP contribution in [0.1, 0.15) is 0 Å². The Labute approximate surface area is 175 Å². The third kappa shape index (κ3) is 2.02. The van der Waals surface area contributed by atoms with Crippen LogP contribution in [0.15, 0.2) is 85.3 Å². The summed E-state index contributed by atoms with van der Waals surface area (Å²) >= 11 is 1.83. The van der Waals surface area contributed by atoms with Crippen molar-refractivity contribution in [3.05, 3.63) is 85.3 Å².